The summed E-state index contributed by atoms with van der Waals surface area (Å²) in [6.45, 7) is 0. The van der Waals surface area contributed by atoms with Crippen molar-refractivity contribution in [1.29, 1.82) is 0 Å². The van der Waals surface area contributed by atoms with Crippen LogP contribution in [0.2, 0.25) is 0 Å². The van der Waals surface area contributed by atoms with Gasteiger partial charge in [-0.25, -0.2) is 4.57 Å². The molecule has 1 aromatic heterocycles. The third-order valence-electron chi connectivity index (χ3n) is 5.13. The molecule has 0 atom stereocenters. The lowest BCUT2D eigenvalue weighted by Crippen LogP contribution is -2.31. The van der Waals surface area contributed by atoms with Gasteiger partial charge in [0.1, 0.15) is 7.05 Å². The Kier molecular flexibility index (Phi) is 4.53. The molecule has 1 aliphatic carbocycles. The molecule has 0 aliphatic heterocycles. The van der Waals surface area contributed by atoms with Crippen LogP contribution < -0.4 is 23.0 Å². The summed E-state index contributed by atoms with van der Waals surface area (Å²) in [4.78, 5) is 0. The molecular weight excluding hydrogens is 394 g/mol. The Morgan fingerprint density at radius 1 is 0.931 bits per heavy atom. The molecule has 1 aliphatic rings. The van der Waals surface area contributed by atoms with E-state index in [2.05, 4.69) is 4.57 Å². The van der Waals surface area contributed by atoms with Crippen molar-refractivity contribution in [2.45, 2.75) is 6.42 Å². The first-order chi connectivity index (χ1) is 13.8. The fraction of sp³-hybridized carbons (Fsp3) is 0.286. The summed E-state index contributed by atoms with van der Waals surface area (Å²) in [5, 5.41) is 2.06. The number of fused-ring (bicyclic) bond motifs is 5. The van der Waals surface area contributed by atoms with Crippen molar-refractivity contribution in [1.82, 2.24) is 0 Å². The van der Waals surface area contributed by atoms with Gasteiger partial charge < -0.3 is 18.4 Å². The van der Waals surface area contributed by atoms with E-state index >= 15 is 0 Å². The number of ether oxygens (including phenoxy) is 3. The van der Waals surface area contributed by atoms with Crippen LogP contribution in [0.15, 0.2) is 30.5 Å². The van der Waals surface area contributed by atoms with Gasteiger partial charge in [-0.3, -0.25) is 0 Å². The highest BCUT2D eigenvalue weighted by molar-refractivity contribution is 7.86. The quantitative estimate of drug-likeness (QED) is 0.368. The minimum atomic E-state index is -3.67. The molecule has 0 bridgehead atoms. The average molecular weight is 416 g/mol. The molecule has 2 aromatic carbocycles. The van der Waals surface area contributed by atoms with E-state index in [0.29, 0.717) is 23.7 Å². The van der Waals surface area contributed by atoms with Crippen LogP contribution in [-0.4, -0.2) is 36.0 Å². The SMILES string of the molecule is COc1cc2c[n+](C)c3c(c2cc1OC)Cc1c-3ccc(OS(C)(=O)=O)c1OC. The van der Waals surface area contributed by atoms with Crippen molar-refractivity contribution in [2.75, 3.05) is 27.6 Å². The highest BCUT2D eigenvalue weighted by Crippen LogP contribution is 2.47. The maximum Gasteiger partial charge on any atom is 0.306 e. The molecule has 29 heavy (non-hydrogen) atoms. The van der Waals surface area contributed by atoms with Crippen molar-refractivity contribution in [3.05, 3.63) is 41.6 Å². The van der Waals surface area contributed by atoms with Gasteiger partial charge in [-0.15, -0.1) is 0 Å². The predicted molar refractivity (Wildman–Crippen MR) is 108 cm³/mol. The summed E-state index contributed by atoms with van der Waals surface area (Å²) in [5.41, 5.74) is 4.03. The van der Waals surface area contributed by atoms with Crippen molar-refractivity contribution in [2.24, 2.45) is 7.05 Å². The van der Waals surface area contributed by atoms with E-state index in [1.165, 1.54) is 7.11 Å². The molecule has 0 amide bonds. The first kappa shape index (κ1) is 19.3. The molecular formula is C21H22NO6S+. The fourth-order valence-electron chi connectivity index (χ4n) is 4.04. The number of hydrogen-bond acceptors (Lipinski definition) is 6. The molecule has 7 nitrogen and oxygen atoms in total. The summed E-state index contributed by atoms with van der Waals surface area (Å²) in [6.07, 6.45) is 3.63. The van der Waals surface area contributed by atoms with Gasteiger partial charge in [0.05, 0.1) is 33.1 Å². The van der Waals surface area contributed by atoms with Gasteiger partial charge in [-0.1, -0.05) is 0 Å². The van der Waals surface area contributed by atoms with Crippen LogP contribution in [0.4, 0.5) is 0 Å². The Labute approximate surface area is 169 Å². The van der Waals surface area contributed by atoms with Gasteiger partial charge in [-0.2, -0.15) is 8.42 Å². The van der Waals surface area contributed by atoms with E-state index < -0.39 is 10.1 Å². The number of nitrogens with zero attached hydrogens (tertiary/aromatic N) is 1. The van der Waals surface area contributed by atoms with E-state index in [1.54, 1.807) is 20.3 Å². The predicted octanol–water partition coefficient (Wildman–Crippen LogP) is 2.60. The second-order valence-corrected chi connectivity index (χ2v) is 8.52. The number of pyridine rings is 1. The van der Waals surface area contributed by atoms with Gasteiger partial charge in [0.25, 0.3) is 0 Å². The zero-order chi connectivity index (χ0) is 20.9. The molecule has 0 radical (unpaired) electrons. The summed E-state index contributed by atoms with van der Waals surface area (Å²) >= 11 is 0. The van der Waals surface area contributed by atoms with E-state index in [0.717, 1.165) is 39.4 Å². The largest absolute Gasteiger partial charge is 0.493 e. The molecule has 0 fully saturated rings. The van der Waals surface area contributed by atoms with Crippen LogP contribution in [-0.2, 0) is 23.6 Å². The van der Waals surface area contributed by atoms with Crippen molar-refractivity contribution in [3.63, 3.8) is 0 Å². The van der Waals surface area contributed by atoms with Gasteiger partial charge in [0, 0.05) is 28.3 Å². The maximum atomic E-state index is 11.6. The lowest BCUT2D eigenvalue weighted by atomic mass is 10.0. The monoisotopic (exact) mass is 416 g/mol. The van der Waals surface area contributed by atoms with Crippen molar-refractivity contribution < 1.29 is 31.4 Å². The van der Waals surface area contributed by atoms with Gasteiger partial charge in [0.15, 0.2) is 29.2 Å². The molecule has 0 unspecified atom stereocenters. The molecule has 0 saturated heterocycles. The minimum absolute atomic E-state index is 0.188. The first-order valence-electron chi connectivity index (χ1n) is 8.94. The van der Waals surface area contributed by atoms with Crippen LogP contribution in [0.3, 0.4) is 0 Å². The summed E-state index contributed by atoms with van der Waals surface area (Å²) in [5.74, 6) is 1.93. The lowest BCUT2D eigenvalue weighted by Gasteiger charge is -2.12. The zero-order valence-electron chi connectivity index (χ0n) is 16.9. The van der Waals surface area contributed by atoms with Gasteiger partial charge in [0.2, 0.25) is 5.69 Å². The van der Waals surface area contributed by atoms with Crippen molar-refractivity contribution in [3.8, 4) is 34.3 Å². The van der Waals surface area contributed by atoms with Crippen LogP contribution in [0, 0.1) is 0 Å². The molecule has 3 aromatic rings. The average Bonchev–Trinajstić information content (AvgIpc) is 3.06. The molecule has 0 N–H and O–H groups in total. The normalized spacial score (nSPS) is 12.4. The van der Waals surface area contributed by atoms with E-state index in [9.17, 15) is 8.42 Å². The number of aromatic nitrogens is 1. The van der Waals surface area contributed by atoms with E-state index in [4.69, 9.17) is 18.4 Å². The Balaban J connectivity index is 1.96. The molecule has 0 spiro atoms. The Hall–Kier alpha value is -3.00. The molecule has 4 rings (SSSR count). The van der Waals surface area contributed by atoms with Crippen LogP contribution in [0.1, 0.15) is 11.1 Å². The standard InChI is InChI=1S/C21H22NO6S/c1-22-11-12-8-18(25-2)19(26-3)10-14(12)15-9-16-13(20(15)22)6-7-17(21(16)27-4)28-29(5,23)24/h6-8,10-11H,9H2,1-5H3/q+1. The number of aryl methyl sites for hydroxylation is 1. The fourth-order valence-corrected chi connectivity index (χ4v) is 4.50. The third-order valence-corrected chi connectivity index (χ3v) is 5.61. The van der Waals surface area contributed by atoms with Crippen LogP contribution in [0.5, 0.6) is 23.0 Å². The van der Waals surface area contributed by atoms with E-state index in [-0.39, 0.29) is 5.75 Å². The van der Waals surface area contributed by atoms with Crippen LogP contribution >= 0.6 is 0 Å². The Bertz CT molecular complexity index is 1250. The number of rotatable bonds is 5. The topological polar surface area (TPSA) is 74.9 Å². The molecule has 8 heteroatoms. The first-order valence-corrected chi connectivity index (χ1v) is 10.8. The summed E-state index contributed by atoms with van der Waals surface area (Å²) in [6, 6.07) is 7.43. The van der Waals surface area contributed by atoms with Gasteiger partial charge >= 0.3 is 10.1 Å². The summed E-state index contributed by atoms with van der Waals surface area (Å²) < 4.78 is 47.0. The Morgan fingerprint density at radius 3 is 2.24 bits per heavy atom. The van der Waals surface area contributed by atoms with E-state index in [1.807, 2.05) is 31.4 Å². The minimum Gasteiger partial charge on any atom is -0.493 e. The molecule has 0 saturated carbocycles. The lowest BCUT2D eigenvalue weighted by molar-refractivity contribution is -0.659. The number of hydrogen-bond donors (Lipinski definition) is 0. The van der Waals surface area contributed by atoms with Crippen molar-refractivity contribution >= 4 is 20.9 Å². The highest BCUT2D eigenvalue weighted by Gasteiger charge is 2.33. The highest BCUT2D eigenvalue weighted by atomic mass is 32.2. The molecule has 152 valence electrons. The Morgan fingerprint density at radius 2 is 1.62 bits per heavy atom. The zero-order valence-corrected chi connectivity index (χ0v) is 17.7. The second kappa shape index (κ2) is 6.81. The van der Waals surface area contributed by atoms with Crippen LogP contribution in [0.25, 0.3) is 22.0 Å². The second-order valence-electron chi connectivity index (χ2n) is 6.95. The summed E-state index contributed by atoms with van der Waals surface area (Å²) in [7, 11) is 3.05. The maximum absolute atomic E-state index is 11.6. The number of methoxy groups -OCH3 is 3. The van der Waals surface area contributed by atoms with Gasteiger partial charge in [-0.05, 0) is 24.3 Å². The third kappa shape index (κ3) is 3.13. The number of benzene rings is 2. The smallest absolute Gasteiger partial charge is 0.306 e. The molecule has 1 heterocycles.